The Balaban J connectivity index is 1.97. The number of benzene rings is 1. The third kappa shape index (κ3) is 4.74. The van der Waals surface area contributed by atoms with Crippen molar-refractivity contribution in [1.82, 2.24) is 24.7 Å². The van der Waals surface area contributed by atoms with Crippen LogP contribution in [0.4, 0.5) is 4.39 Å². The summed E-state index contributed by atoms with van der Waals surface area (Å²) >= 11 is 1.11. The van der Waals surface area contributed by atoms with Crippen molar-refractivity contribution in [2.24, 2.45) is 0 Å². The molecule has 0 bridgehead atoms. The van der Waals surface area contributed by atoms with Gasteiger partial charge in [-0.15, -0.1) is 10.2 Å². The fourth-order valence-electron chi connectivity index (χ4n) is 2.47. The molecule has 0 amide bonds. The van der Waals surface area contributed by atoms with E-state index in [9.17, 15) is 18.8 Å². The average Bonchev–Trinajstić information content (AvgIpc) is 3.02. The summed E-state index contributed by atoms with van der Waals surface area (Å²) < 4.78 is 19.9. The second kappa shape index (κ2) is 8.65. The second-order valence-corrected chi connectivity index (χ2v) is 6.54. The summed E-state index contributed by atoms with van der Waals surface area (Å²) in [7, 11) is 0. The van der Waals surface area contributed by atoms with Crippen LogP contribution >= 0.6 is 11.8 Å². The first-order valence-electron chi connectivity index (χ1n) is 8.27. The SMILES string of the molecule is CCOC(=O)CSc1nnc(Cc2cc(=O)[nH]c(=O)[nH]2)n1-c1ccc(F)cc1. The molecule has 146 valence electrons. The lowest BCUT2D eigenvalue weighted by Gasteiger charge is -2.10. The number of H-pyrrole nitrogens is 2. The minimum absolute atomic E-state index is 0.0228. The van der Waals surface area contributed by atoms with Crippen molar-refractivity contribution in [2.45, 2.75) is 18.5 Å². The lowest BCUT2D eigenvalue weighted by molar-refractivity contribution is -0.139. The van der Waals surface area contributed by atoms with Crippen LogP contribution in [-0.4, -0.2) is 43.1 Å². The minimum Gasteiger partial charge on any atom is -0.465 e. The minimum atomic E-state index is -0.632. The summed E-state index contributed by atoms with van der Waals surface area (Å²) in [6.45, 7) is 1.98. The first kappa shape index (κ1) is 19.5. The van der Waals surface area contributed by atoms with Crippen molar-refractivity contribution < 1.29 is 13.9 Å². The molecule has 11 heteroatoms. The van der Waals surface area contributed by atoms with Crippen LogP contribution in [0, 0.1) is 5.82 Å². The first-order valence-corrected chi connectivity index (χ1v) is 9.26. The summed E-state index contributed by atoms with van der Waals surface area (Å²) in [5.41, 5.74) is -0.262. The highest BCUT2D eigenvalue weighted by Crippen LogP contribution is 2.23. The Morgan fingerprint density at radius 1 is 1.21 bits per heavy atom. The Hall–Kier alpha value is -3.21. The van der Waals surface area contributed by atoms with Crippen molar-refractivity contribution in [3.8, 4) is 5.69 Å². The molecule has 1 aromatic carbocycles. The Morgan fingerprint density at radius 3 is 2.64 bits per heavy atom. The monoisotopic (exact) mass is 405 g/mol. The lowest BCUT2D eigenvalue weighted by Crippen LogP contribution is -2.23. The zero-order valence-corrected chi connectivity index (χ0v) is 15.6. The summed E-state index contributed by atoms with van der Waals surface area (Å²) in [6.07, 6.45) is 0.101. The molecule has 2 N–H and O–H groups in total. The molecule has 0 aliphatic carbocycles. The molecule has 2 aromatic heterocycles. The standard InChI is InChI=1S/C17H16FN5O4S/c1-2-27-15(25)9-28-17-22-21-13(7-11-8-14(24)20-16(26)19-11)23(17)12-5-3-10(18)4-6-12/h3-6,8H,2,7,9H2,1H3,(H2,19,20,24,26). The van der Waals surface area contributed by atoms with E-state index in [0.29, 0.717) is 22.4 Å². The van der Waals surface area contributed by atoms with E-state index in [2.05, 4.69) is 20.2 Å². The third-order valence-corrected chi connectivity index (χ3v) is 4.48. The van der Waals surface area contributed by atoms with Gasteiger partial charge < -0.3 is 9.72 Å². The van der Waals surface area contributed by atoms with E-state index in [4.69, 9.17) is 4.74 Å². The number of nitrogens with one attached hydrogen (secondary N) is 2. The largest absolute Gasteiger partial charge is 0.465 e. The lowest BCUT2D eigenvalue weighted by atomic mass is 10.2. The average molecular weight is 405 g/mol. The Bertz CT molecular complexity index is 1060. The predicted octanol–water partition coefficient (Wildman–Crippen LogP) is 1.03. The molecule has 3 rings (SSSR count). The van der Waals surface area contributed by atoms with E-state index in [-0.39, 0.29) is 18.8 Å². The molecule has 28 heavy (non-hydrogen) atoms. The van der Waals surface area contributed by atoms with Crippen LogP contribution in [0.1, 0.15) is 18.4 Å². The number of aromatic nitrogens is 5. The van der Waals surface area contributed by atoms with Gasteiger partial charge >= 0.3 is 11.7 Å². The van der Waals surface area contributed by atoms with Crippen LogP contribution in [0.2, 0.25) is 0 Å². The van der Waals surface area contributed by atoms with E-state index < -0.39 is 23.0 Å². The normalized spacial score (nSPS) is 10.8. The highest BCUT2D eigenvalue weighted by Gasteiger charge is 2.17. The molecule has 0 radical (unpaired) electrons. The molecule has 0 atom stereocenters. The molecule has 0 aliphatic heterocycles. The number of esters is 1. The maximum atomic E-state index is 13.3. The van der Waals surface area contributed by atoms with Gasteiger partial charge in [-0.1, -0.05) is 11.8 Å². The van der Waals surface area contributed by atoms with E-state index >= 15 is 0 Å². The van der Waals surface area contributed by atoms with Crippen molar-refractivity contribution in [3.63, 3.8) is 0 Å². The van der Waals surface area contributed by atoms with Crippen molar-refractivity contribution >= 4 is 17.7 Å². The van der Waals surface area contributed by atoms with Gasteiger partial charge in [0.1, 0.15) is 11.6 Å². The molecular weight excluding hydrogens is 389 g/mol. The molecule has 9 nitrogen and oxygen atoms in total. The van der Waals surface area contributed by atoms with E-state index in [1.807, 2.05) is 0 Å². The molecule has 0 fully saturated rings. The third-order valence-electron chi connectivity index (χ3n) is 3.57. The molecule has 3 aromatic rings. The van der Waals surface area contributed by atoms with Gasteiger partial charge in [0.15, 0.2) is 5.16 Å². The number of thioether (sulfide) groups is 1. The van der Waals surface area contributed by atoms with E-state index in [1.54, 1.807) is 11.5 Å². The molecule has 0 aliphatic rings. The molecule has 0 spiro atoms. The van der Waals surface area contributed by atoms with Crippen LogP contribution in [0.3, 0.4) is 0 Å². The second-order valence-electron chi connectivity index (χ2n) is 5.59. The van der Waals surface area contributed by atoms with E-state index in [0.717, 1.165) is 11.8 Å². The quantitative estimate of drug-likeness (QED) is 0.445. The topological polar surface area (TPSA) is 123 Å². The number of carbonyl (C=O) groups is 1. The van der Waals surface area contributed by atoms with Crippen molar-refractivity contribution in [3.05, 3.63) is 68.5 Å². The molecule has 0 unspecified atom stereocenters. The van der Waals surface area contributed by atoms with Crippen LogP contribution < -0.4 is 11.2 Å². The number of halogens is 1. The van der Waals surface area contributed by atoms with Gasteiger partial charge in [0.25, 0.3) is 5.56 Å². The fraction of sp³-hybridized carbons (Fsp3) is 0.235. The maximum absolute atomic E-state index is 13.3. The first-order chi connectivity index (χ1) is 13.5. The van der Waals surface area contributed by atoms with Gasteiger partial charge in [-0.25, -0.2) is 9.18 Å². The van der Waals surface area contributed by atoms with Crippen molar-refractivity contribution in [1.29, 1.82) is 0 Å². The summed E-state index contributed by atoms with van der Waals surface area (Å²) in [4.78, 5) is 39.3. The Morgan fingerprint density at radius 2 is 1.96 bits per heavy atom. The number of rotatable bonds is 7. The highest BCUT2D eigenvalue weighted by molar-refractivity contribution is 7.99. The van der Waals surface area contributed by atoms with Gasteiger partial charge in [-0.2, -0.15) is 0 Å². The maximum Gasteiger partial charge on any atom is 0.325 e. The number of carbonyl (C=O) groups excluding carboxylic acids is 1. The number of hydrogen-bond donors (Lipinski definition) is 2. The van der Waals surface area contributed by atoms with Crippen LogP contribution in [0.25, 0.3) is 5.69 Å². The van der Waals surface area contributed by atoms with E-state index in [1.165, 1.54) is 30.3 Å². The number of hydrogen-bond acceptors (Lipinski definition) is 7. The predicted molar refractivity (Wildman–Crippen MR) is 99.2 cm³/mol. The molecule has 0 saturated heterocycles. The van der Waals surface area contributed by atoms with Crippen molar-refractivity contribution in [2.75, 3.05) is 12.4 Å². The van der Waals surface area contributed by atoms with Gasteiger partial charge in [0.05, 0.1) is 12.4 Å². The van der Waals surface area contributed by atoms with Gasteiger partial charge in [0.2, 0.25) is 0 Å². The zero-order valence-electron chi connectivity index (χ0n) is 14.8. The Labute approximate surface area is 162 Å². The van der Waals surface area contributed by atoms with Gasteiger partial charge in [0, 0.05) is 23.9 Å². The molecular formula is C17H16FN5O4S. The number of nitrogens with zero attached hydrogens (tertiary/aromatic N) is 3. The van der Waals surface area contributed by atoms with Gasteiger partial charge in [-0.05, 0) is 31.2 Å². The molecule has 0 saturated carbocycles. The summed E-state index contributed by atoms with van der Waals surface area (Å²) in [5.74, 6) is -0.381. The molecule has 2 heterocycles. The zero-order chi connectivity index (χ0) is 20.1. The summed E-state index contributed by atoms with van der Waals surface area (Å²) in [6, 6.07) is 6.90. The van der Waals surface area contributed by atoms with Crippen LogP contribution in [0.15, 0.2) is 45.1 Å². The fourth-order valence-corrected chi connectivity index (χ4v) is 3.24. The number of aromatic amines is 2. The smallest absolute Gasteiger partial charge is 0.325 e. The van der Waals surface area contributed by atoms with Crippen LogP contribution in [0.5, 0.6) is 0 Å². The summed E-state index contributed by atoms with van der Waals surface area (Å²) in [5, 5.41) is 8.58. The number of ether oxygens (including phenoxy) is 1. The Kier molecular flexibility index (Phi) is 6.04. The van der Waals surface area contributed by atoms with Crippen LogP contribution in [-0.2, 0) is 16.0 Å². The highest BCUT2D eigenvalue weighted by atomic mass is 32.2. The van der Waals surface area contributed by atoms with Gasteiger partial charge in [-0.3, -0.25) is 19.1 Å².